The summed E-state index contributed by atoms with van der Waals surface area (Å²) in [5.74, 6) is 0.954. The number of aliphatic hydroxyl groups is 1. The van der Waals surface area contributed by atoms with Crippen molar-refractivity contribution < 1.29 is 5.11 Å². The molecule has 0 aliphatic heterocycles. The highest BCUT2D eigenvalue weighted by molar-refractivity contribution is 7.99. The first kappa shape index (κ1) is 12.4. The Balaban J connectivity index is 2.20. The molecule has 1 unspecified atom stereocenters. The number of hydrogen-bond acceptors (Lipinski definition) is 5. The van der Waals surface area contributed by atoms with E-state index < -0.39 is 0 Å². The average molecular weight is 227 g/mol. The van der Waals surface area contributed by atoms with Gasteiger partial charge < -0.3 is 10.4 Å². The van der Waals surface area contributed by atoms with E-state index in [4.69, 9.17) is 5.11 Å². The summed E-state index contributed by atoms with van der Waals surface area (Å²) in [5, 5.41) is 13.3. The Labute approximate surface area is 94.5 Å². The fourth-order valence-electron chi connectivity index (χ4n) is 1.22. The van der Waals surface area contributed by atoms with Crippen molar-refractivity contribution in [3.63, 3.8) is 0 Å². The zero-order valence-electron chi connectivity index (χ0n) is 8.89. The molecule has 0 bridgehead atoms. The summed E-state index contributed by atoms with van der Waals surface area (Å²) in [6.07, 6.45) is 4.23. The van der Waals surface area contributed by atoms with Gasteiger partial charge in [-0.3, -0.25) is 0 Å². The van der Waals surface area contributed by atoms with Crippen LogP contribution in [0.5, 0.6) is 0 Å². The highest BCUT2D eigenvalue weighted by Gasteiger charge is 2.05. The highest BCUT2D eigenvalue weighted by atomic mass is 32.2. The summed E-state index contributed by atoms with van der Waals surface area (Å²) in [6, 6.07) is 2.09. The Kier molecular flexibility index (Phi) is 6.31. The third kappa shape index (κ3) is 5.11. The molecular weight excluding hydrogens is 210 g/mol. The van der Waals surface area contributed by atoms with Gasteiger partial charge in [-0.1, -0.05) is 6.92 Å². The number of rotatable bonds is 7. The Morgan fingerprint density at radius 1 is 1.60 bits per heavy atom. The second-order valence-corrected chi connectivity index (χ2v) is 4.24. The van der Waals surface area contributed by atoms with Crippen molar-refractivity contribution in [2.45, 2.75) is 24.4 Å². The molecule has 0 aromatic carbocycles. The van der Waals surface area contributed by atoms with Gasteiger partial charge in [-0.05, 0) is 19.0 Å². The van der Waals surface area contributed by atoms with Crippen molar-refractivity contribution in [2.24, 2.45) is 0 Å². The van der Waals surface area contributed by atoms with Crippen molar-refractivity contribution in [3.8, 4) is 0 Å². The number of aliphatic hydroxyl groups excluding tert-OH is 1. The topological polar surface area (TPSA) is 58.0 Å². The summed E-state index contributed by atoms with van der Waals surface area (Å²) in [4.78, 5) is 7.97. The molecule has 84 valence electrons. The van der Waals surface area contributed by atoms with E-state index in [2.05, 4.69) is 15.3 Å². The molecule has 1 atom stereocenters. The van der Waals surface area contributed by atoms with Gasteiger partial charge >= 0.3 is 0 Å². The van der Waals surface area contributed by atoms with E-state index in [0.29, 0.717) is 0 Å². The molecule has 1 rings (SSSR count). The lowest BCUT2D eigenvalue weighted by Gasteiger charge is -2.13. The van der Waals surface area contributed by atoms with Gasteiger partial charge in [0.05, 0.1) is 11.6 Å². The highest BCUT2D eigenvalue weighted by Crippen LogP contribution is 2.15. The van der Waals surface area contributed by atoms with E-state index in [9.17, 15) is 0 Å². The summed E-state index contributed by atoms with van der Waals surface area (Å²) < 4.78 is 0. The van der Waals surface area contributed by atoms with Crippen LogP contribution in [0.15, 0.2) is 23.6 Å². The quantitative estimate of drug-likeness (QED) is 0.536. The van der Waals surface area contributed by atoms with Crippen molar-refractivity contribution >= 4 is 11.8 Å². The molecule has 1 heterocycles. The molecule has 0 aliphatic carbocycles. The van der Waals surface area contributed by atoms with E-state index in [-0.39, 0.29) is 12.6 Å². The maximum absolute atomic E-state index is 9.06. The fourth-order valence-corrected chi connectivity index (χ4v) is 2.11. The molecule has 5 heteroatoms. The second kappa shape index (κ2) is 7.62. The first-order valence-electron chi connectivity index (χ1n) is 5.10. The molecule has 0 amide bonds. The van der Waals surface area contributed by atoms with E-state index in [0.717, 1.165) is 23.7 Å². The summed E-state index contributed by atoms with van der Waals surface area (Å²) >= 11 is 1.69. The maximum Gasteiger partial charge on any atom is 0.116 e. The summed E-state index contributed by atoms with van der Waals surface area (Å²) in [6.45, 7) is 3.13. The Morgan fingerprint density at radius 3 is 3.07 bits per heavy atom. The number of thioether (sulfide) groups is 1. The van der Waals surface area contributed by atoms with Gasteiger partial charge in [-0.2, -0.15) is 0 Å². The van der Waals surface area contributed by atoms with E-state index in [1.807, 2.05) is 13.0 Å². The minimum absolute atomic E-state index is 0.193. The predicted molar refractivity (Wildman–Crippen MR) is 61.9 cm³/mol. The summed E-state index contributed by atoms with van der Waals surface area (Å²) in [7, 11) is 0. The molecule has 15 heavy (non-hydrogen) atoms. The van der Waals surface area contributed by atoms with Gasteiger partial charge in [0.1, 0.15) is 6.33 Å². The van der Waals surface area contributed by atoms with Crippen molar-refractivity contribution in [1.29, 1.82) is 0 Å². The van der Waals surface area contributed by atoms with Crippen LogP contribution in [-0.4, -0.2) is 40.0 Å². The van der Waals surface area contributed by atoms with Crippen LogP contribution in [0.25, 0.3) is 0 Å². The lowest BCUT2D eigenvalue weighted by atomic mass is 10.2. The monoisotopic (exact) mass is 227 g/mol. The third-order valence-electron chi connectivity index (χ3n) is 1.98. The number of likely N-dealkylation sites (N-methyl/N-ethyl adjacent to an activating group) is 1. The van der Waals surface area contributed by atoms with Crippen molar-refractivity contribution in [1.82, 2.24) is 15.3 Å². The van der Waals surface area contributed by atoms with Crippen LogP contribution in [-0.2, 0) is 0 Å². The van der Waals surface area contributed by atoms with Crippen molar-refractivity contribution in [2.75, 3.05) is 18.9 Å². The zero-order valence-corrected chi connectivity index (χ0v) is 9.70. The zero-order chi connectivity index (χ0) is 10.9. The minimum Gasteiger partial charge on any atom is -0.395 e. The normalized spacial score (nSPS) is 12.7. The number of nitrogens with zero attached hydrogens (tertiary/aromatic N) is 2. The molecule has 0 saturated carbocycles. The van der Waals surface area contributed by atoms with Crippen LogP contribution < -0.4 is 5.32 Å². The largest absolute Gasteiger partial charge is 0.395 e. The molecule has 0 aliphatic rings. The molecule has 0 spiro atoms. The van der Waals surface area contributed by atoms with Gasteiger partial charge in [0.25, 0.3) is 0 Å². The number of hydrogen-bond donors (Lipinski definition) is 2. The first-order valence-corrected chi connectivity index (χ1v) is 6.08. The molecule has 0 radical (unpaired) electrons. The molecule has 2 N–H and O–H groups in total. The van der Waals surface area contributed by atoms with E-state index in [1.54, 1.807) is 24.3 Å². The molecule has 0 saturated heterocycles. The number of nitrogens with one attached hydrogen (secondary N) is 1. The van der Waals surface area contributed by atoms with Crippen LogP contribution in [0.4, 0.5) is 0 Å². The Hall–Kier alpha value is -0.650. The molecule has 1 aromatic rings. The SMILES string of the molecule is CCNC(CO)CCSc1ccncn1. The molecule has 4 nitrogen and oxygen atoms in total. The van der Waals surface area contributed by atoms with Crippen LogP contribution in [0, 0.1) is 0 Å². The lowest BCUT2D eigenvalue weighted by Crippen LogP contribution is -2.32. The van der Waals surface area contributed by atoms with Crippen molar-refractivity contribution in [3.05, 3.63) is 18.6 Å². The standard InChI is InChI=1S/C10H17N3OS/c1-2-12-9(7-14)4-6-15-10-3-5-11-8-13-10/h3,5,8-9,12,14H,2,4,6-7H2,1H3. The van der Waals surface area contributed by atoms with Crippen LogP contribution >= 0.6 is 11.8 Å². The van der Waals surface area contributed by atoms with Gasteiger partial charge in [0.15, 0.2) is 0 Å². The Bertz CT molecular complexity index is 258. The van der Waals surface area contributed by atoms with E-state index in [1.165, 1.54) is 0 Å². The smallest absolute Gasteiger partial charge is 0.116 e. The lowest BCUT2D eigenvalue weighted by molar-refractivity contribution is 0.242. The number of aromatic nitrogens is 2. The first-order chi connectivity index (χ1) is 7.36. The fraction of sp³-hybridized carbons (Fsp3) is 0.600. The van der Waals surface area contributed by atoms with Gasteiger partial charge in [0, 0.05) is 18.0 Å². The minimum atomic E-state index is 0.193. The van der Waals surface area contributed by atoms with Crippen LogP contribution in [0.3, 0.4) is 0 Å². The van der Waals surface area contributed by atoms with Gasteiger partial charge in [-0.25, -0.2) is 9.97 Å². The average Bonchev–Trinajstić information content (AvgIpc) is 2.29. The second-order valence-electron chi connectivity index (χ2n) is 3.12. The predicted octanol–water partition coefficient (Wildman–Crippen LogP) is 0.929. The third-order valence-corrected chi connectivity index (χ3v) is 2.96. The van der Waals surface area contributed by atoms with Crippen LogP contribution in [0.1, 0.15) is 13.3 Å². The van der Waals surface area contributed by atoms with Gasteiger partial charge in [0.2, 0.25) is 0 Å². The summed E-state index contributed by atoms with van der Waals surface area (Å²) in [5.41, 5.74) is 0. The van der Waals surface area contributed by atoms with E-state index >= 15 is 0 Å². The van der Waals surface area contributed by atoms with Gasteiger partial charge in [-0.15, -0.1) is 11.8 Å². The molecule has 1 aromatic heterocycles. The maximum atomic E-state index is 9.06. The molecule has 0 fully saturated rings. The van der Waals surface area contributed by atoms with Crippen LogP contribution in [0.2, 0.25) is 0 Å². The Morgan fingerprint density at radius 2 is 2.47 bits per heavy atom. The molecular formula is C10H17N3OS.